The van der Waals surface area contributed by atoms with Crippen molar-refractivity contribution in [1.82, 2.24) is 4.90 Å². The number of nitrogens with zero attached hydrogens (tertiary/aromatic N) is 1. The van der Waals surface area contributed by atoms with Crippen LogP contribution < -0.4 is 10.1 Å². The van der Waals surface area contributed by atoms with Crippen LogP contribution in [0.5, 0.6) is 5.75 Å². The van der Waals surface area contributed by atoms with Gasteiger partial charge in [0.2, 0.25) is 0 Å². The van der Waals surface area contributed by atoms with Gasteiger partial charge in [0.05, 0.1) is 30.9 Å². The number of rotatable bonds is 4. The van der Waals surface area contributed by atoms with E-state index in [2.05, 4.69) is 10.1 Å². The number of carboxylic acids is 1. The van der Waals surface area contributed by atoms with Crippen LogP contribution in [0.3, 0.4) is 0 Å². The standard InChI is InChI=1S/C16H20N2O6/c1-16(14(20)21)6-7-18(9-16)15(22)17-11-5-4-10(13(19)24-3)8-12(11)23-2/h4-5,8H,6-7,9H2,1-3H3,(H,17,22)(H,20,21). The molecule has 130 valence electrons. The summed E-state index contributed by atoms with van der Waals surface area (Å²) >= 11 is 0. The van der Waals surface area contributed by atoms with E-state index in [1.54, 1.807) is 6.92 Å². The largest absolute Gasteiger partial charge is 0.495 e. The Morgan fingerprint density at radius 2 is 2.00 bits per heavy atom. The highest BCUT2D eigenvalue weighted by atomic mass is 16.5. The van der Waals surface area contributed by atoms with Crippen molar-refractivity contribution in [3.8, 4) is 5.75 Å². The van der Waals surface area contributed by atoms with Crippen LogP contribution in [0, 0.1) is 5.41 Å². The molecule has 1 unspecified atom stereocenters. The number of anilines is 1. The Hall–Kier alpha value is -2.77. The fraction of sp³-hybridized carbons (Fsp3) is 0.438. The van der Waals surface area contributed by atoms with Crippen LogP contribution >= 0.6 is 0 Å². The van der Waals surface area contributed by atoms with E-state index >= 15 is 0 Å². The molecule has 2 amide bonds. The summed E-state index contributed by atoms with van der Waals surface area (Å²) in [5.41, 5.74) is -0.248. The van der Waals surface area contributed by atoms with E-state index in [-0.39, 0.29) is 6.54 Å². The Morgan fingerprint density at radius 3 is 2.54 bits per heavy atom. The first-order valence-electron chi connectivity index (χ1n) is 7.36. The molecule has 0 aromatic heterocycles. The molecule has 1 saturated heterocycles. The van der Waals surface area contributed by atoms with Gasteiger partial charge in [-0.1, -0.05) is 0 Å². The average molecular weight is 336 g/mol. The minimum absolute atomic E-state index is 0.136. The van der Waals surface area contributed by atoms with Gasteiger partial charge in [-0.25, -0.2) is 9.59 Å². The number of aliphatic carboxylic acids is 1. The van der Waals surface area contributed by atoms with E-state index in [1.165, 1.54) is 37.3 Å². The van der Waals surface area contributed by atoms with Crippen LogP contribution in [0.4, 0.5) is 10.5 Å². The molecule has 0 bridgehead atoms. The molecule has 1 atom stereocenters. The smallest absolute Gasteiger partial charge is 0.337 e. The van der Waals surface area contributed by atoms with Gasteiger partial charge in [-0.15, -0.1) is 0 Å². The summed E-state index contributed by atoms with van der Waals surface area (Å²) in [5.74, 6) is -1.12. The van der Waals surface area contributed by atoms with Crippen molar-refractivity contribution in [3.63, 3.8) is 0 Å². The molecular formula is C16H20N2O6. The van der Waals surface area contributed by atoms with Crippen LogP contribution in [0.1, 0.15) is 23.7 Å². The number of hydrogen-bond acceptors (Lipinski definition) is 5. The Balaban J connectivity index is 2.12. The van der Waals surface area contributed by atoms with Gasteiger partial charge in [-0.05, 0) is 31.5 Å². The second-order valence-corrected chi connectivity index (χ2v) is 5.87. The van der Waals surface area contributed by atoms with Gasteiger partial charge in [0.1, 0.15) is 5.75 Å². The first-order valence-corrected chi connectivity index (χ1v) is 7.36. The maximum Gasteiger partial charge on any atom is 0.337 e. The summed E-state index contributed by atoms with van der Waals surface area (Å²) in [6.45, 7) is 2.11. The van der Waals surface area contributed by atoms with Crippen molar-refractivity contribution < 1.29 is 29.0 Å². The number of benzene rings is 1. The Labute approximate surface area is 139 Å². The molecule has 8 nitrogen and oxygen atoms in total. The number of carbonyl (C=O) groups is 3. The molecule has 2 N–H and O–H groups in total. The lowest BCUT2D eigenvalue weighted by molar-refractivity contribution is -0.146. The molecule has 1 aromatic carbocycles. The van der Waals surface area contributed by atoms with E-state index in [4.69, 9.17) is 4.74 Å². The molecule has 1 aliphatic rings. The predicted octanol–water partition coefficient (Wildman–Crippen LogP) is 1.81. The number of ether oxygens (including phenoxy) is 2. The highest BCUT2D eigenvalue weighted by molar-refractivity contribution is 5.94. The van der Waals surface area contributed by atoms with Gasteiger partial charge in [-0.3, -0.25) is 4.79 Å². The van der Waals surface area contributed by atoms with Crippen LogP contribution in [-0.2, 0) is 9.53 Å². The van der Waals surface area contributed by atoms with Crippen LogP contribution in [0.15, 0.2) is 18.2 Å². The maximum atomic E-state index is 12.3. The van der Waals surface area contributed by atoms with Gasteiger partial charge >= 0.3 is 18.0 Å². The van der Waals surface area contributed by atoms with Crippen molar-refractivity contribution in [2.24, 2.45) is 5.41 Å². The third-order valence-corrected chi connectivity index (χ3v) is 4.14. The molecule has 0 spiro atoms. The second-order valence-electron chi connectivity index (χ2n) is 5.87. The number of carbonyl (C=O) groups excluding carboxylic acids is 2. The zero-order chi connectivity index (χ0) is 17.9. The Kier molecular flexibility index (Phi) is 4.96. The minimum atomic E-state index is -0.934. The summed E-state index contributed by atoms with van der Waals surface area (Å²) in [5, 5.41) is 11.9. The lowest BCUT2D eigenvalue weighted by atomic mass is 9.90. The van der Waals surface area contributed by atoms with Gasteiger partial charge in [0.25, 0.3) is 0 Å². The number of urea groups is 1. The van der Waals surface area contributed by atoms with Gasteiger partial charge in [-0.2, -0.15) is 0 Å². The average Bonchev–Trinajstić information content (AvgIpc) is 2.98. The fourth-order valence-corrected chi connectivity index (χ4v) is 2.54. The third kappa shape index (κ3) is 3.42. The third-order valence-electron chi connectivity index (χ3n) is 4.14. The fourth-order valence-electron chi connectivity index (χ4n) is 2.54. The Bertz CT molecular complexity index is 675. The normalized spacial score (nSPS) is 19.7. The summed E-state index contributed by atoms with van der Waals surface area (Å²) in [6, 6.07) is 4.10. The molecule has 24 heavy (non-hydrogen) atoms. The molecule has 1 aliphatic heterocycles. The number of nitrogens with one attached hydrogen (secondary N) is 1. The van der Waals surface area contributed by atoms with Crippen molar-refractivity contribution in [3.05, 3.63) is 23.8 Å². The monoisotopic (exact) mass is 336 g/mol. The van der Waals surface area contributed by atoms with Crippen LogP contribution in [0.2, 0.25) is 0 Å². The van der Waals surface area contributed by atoms with Crippen LogP contribution in [0.25, 0.3) is 0 Å². The van der Waals surface area contributed by atoms with Gasteiger partial charge in [0.15, 0.2) is 0 Å². The van der Waals surface area contributed by atoms with E-state index in [1.807, 2.05) is 0 Å². The van der Waals surface area contributed by atoms with Crippen molar-refractivity contribution in [2.75, 3.05) is 32.6 Å². The molecule has 0 radical (unpaired) electrons. The number of carboxylic acid groups (broad SMARTS) is 1. The molecular weight excluding hydrogens is 316 g/mol. The molecule has 2 rings (SSSR count). The summed E-state index contributed by atoms with van der Waals surface area (Å²) in [6.07, 6.45) is 0.397. The highest BCUT2D eigenvalue weighted by Crippen LogP contribution is 2.31. The van der Waals surface area contributed by atoms with Crippen molar-refractivity contribution in [1.29, 1.82) is 0 Å². The lowest BCUT2D eigenvalue weighted by Gasteiger charge is -2.21. The lowest BCUT2D eigenvalue weighted by Crippen LogP contribution is -2.37. The van der Waals surface area contributed by atoms with Gasteiger partial charge < -0.3 is 24.8 Å². The zero-order valence-corrected chi connectivity index (χ0v) is 13.8. The molecule has 1 fully saturated rings. The molecule has 1 aromatic rings. The summed E-state index contributed by atoms with van der Waals surface area (Å²) in [4.78, 5) is 36.6. The topological polar surface area (TPSA) is 105 Å². The quantitative estimate of drug-likeness (QED) is 0.813. The zero-order valence-electron chi connectivity index (χ0n) is 13.8. The summed E-state index contributed by atoms with van der Waals surface area (Å²) < 4.78 is 9.83. The van der Waals surface area contributed by atoms with E-state index in [0.29, 0.717) is 30.0 Å². The Morgan fingerprint density at radius 1 is 1.29 bits per heavy atom. The summed E-state index contributed by atoms with van der Waals surface area (Å²) in [7, 11) is 2.70. The van der Waals surface area contributed by atoms with E-state index in [0.717, 1.165) is 0 Å². The number of likely N-dealkylation sites (tertiary alicyclic amines) is 1. The first-order chi connectivity index (χ1) is 11.3. The van der Waals surface area contributed by atoms with Crippen molar-refractivity contribution in [2.45, 2.75) is 13.3 Å². The number of esters is 1. The molecule has 1 heterocycles. The first kappa shape index (κ1) is 17.6. The minimum Gasteiger partial charge on any atom is -0.495 e. The molecule has 0 saturated carbocycles. The number of methoxy groups -OCH3 is 2. The second kappa shape index (κ2) is 6.77. The maximum absolute atomic E-state index is 12.3. The number of hydrogen-bond donors (Lipinski definition) is 2. The van der Waals surface area contributed by atoms with Crippen LogP contribution in [-0.4, -0.2) is 55.3 Å². The SMILES string of the molecule is COC(=O)c1ccc(NC(=O)N2CCC(C)(C(=O)O)C2)c(OC)c1. The number of amides is 2. The van der Waals surface area contributed by atoms with Gasteiger partial charge in [0, 0.05) is 13.1 Å². The predicted molar refractivity (Wildman–Crippen MR) is 85.3 cm³/mol. The van der Waals surface area contributed by atoms with Crippen molar-refractivity contribution >= 4 is 23.7 Å². The van der Waals surface area contributed by atoms with E-state index < -0.39 is 23.4 Å². The molecule has 8 heteroatoms. The van der Waals surface area contributed by atoms with E-state index in [9.17, 15) is 19.5 Å². The molecule has 0 aliphatic carbocycles. The highest BCUT2D eigenvalue weighted by Gasteiger charge is 2.42.